The zero-order valence-corrected chi connectivity index (χ0v) is 20.3. The van der Waals surface area contributed by atoms with Crippen molar-refractivity contribution in [2.75, 3.05) is 6.54 Å². The van der Waals surface area contributed by atoms with Crippen LogP contribution in [0.3, 0.4) is 0 Å². The lowest BCUT2D eigenvalue weighted by atomic mass is 10.1. The first-order valence-corrected chi connectivity index (χ1v) is 11.9. The maximum absolute atomic E-state index is 13.6. The van der Waals surface area contributed by atoms with Crippen LogP contribution in [0.1, 0.15) is 48.9 Å². The number of hydrogen-bond donors (Lipinski definition) is 0. The van der Waals surface area contributed by atoms with Gasteiger partial charge in [-0.15, -0.1) is 0 Å². The molecular weight excluding hydrogens is 478 g/mol. The second kappa shape index (κ2) is 10.1. The lowest BCUT2D eigenvalue weighted by Crippen LogP contribution is -2.38. The summed E-state index contributed by atoms with van der Waals surface area (Å²) in [6, 6.07) is 23.8. The topological polar surface area (TPSA) is 55.2 Å². The van der Waals surface area contributed by atoms with E-state index in [1.807, 2.05) is 84.6 Å². The molecule has 0 bridgehead atoms. The molecule has 4 rings (SSSR count). The Morgan fingerprint density at radius 3 is 2.36 bits per heavy atom. The highest BCUT2D eigenvalue weighted by atomic mass is 79.9. The number of unbranched alkanes of at least 4 members (excludes halogenated alkanes) is 1. The van der Waals surface area contributed by atoms with E-state index in [-0.39, 0.29) is 11.5 Å². The Hall–Kier alpha value is -3.25. The number of rotatable bonds is 7. The number of carbonyl (C=O) groups is 1. The molecule has 1 aromatic heterocycles. The Morgan fingerprint density at radius 2 is 1.67 bits per heavy atom. The molecule has 6 heteroatoms. The van der Waals surface area contributed by atoms with E-state index < -0.39 is 6.04 Å². The van der Waals surface area contributed by atoms with E-state index in [2.05, 4.69) is 22.9 Å². The first-order valence-electron chi connectivity index (χ1n) is 11.1. The Balaban J connectivity index is 1.90. The third-order valence-electron chi connectivity index (χ3n) is 5.76. The fourth-order valence-corrected chi connectivity index (χ4v) is 4.22. The minimum absolute atomic E-state index is 0.0682. The second-order valence-corrected chi connectivity index (χ2v) is 8.91. The highest BCUT2D eigenvalue weighted by Gasteiger charge is 2.27. The number of carbonyl (C=O) groups excluding carboxylic acids is 1. The summed E-state index contributed by atoms with van der Waals surface area (Å²) in [5.74, 6) is 0.475. The van der Waals surface area contributed by atoms with Crippen LogP contribution in [0.4, 0.5) is 0 Å². The molecule has 0 aliphatic carbocycles. The molecule has 0 radical (unpaired) electrons. The average molecular weight is 504 g/mol. The van der Waals surface area contributed by atoms with E-state index >= 15 is 0 Å². The van der Waals surface area contributed by atoms with E-state index in [4.69, 9.17) is 4.98 Å². The fraction of sp³-hybridized carbons (Fsp3) is 0.222. The van der Waals surface area contributed by atoms with Crippen LogP contribution in [0.5, 0.6) is 0 Å². The molecule has 0 N–H and O–H groups in total. The number of fused-ring (bicyclic) bond motifs is 1. The summed E-state index contributed by atoms with van der Waals surface area (Å²) in [6.07, 6.45) is 1.81. The van der Waals surface area contributed by atoms with Gasteiger partial charge in [0.05, 0.1) is 22.6 Å². The highest BCUT2D eigenvalue weighted by Crippen LogP contribution is 2.25. The summed E-state index contributed by atoms with van der Waals surface area (Å²) >= 11 is 3.46. The second-order valence-electron chi connectivity index (χ2n) is 8.00. The molecule has 0 fully saturated rings. The minimum atomic E-state index is -0.412. The molecule has 168 valence electrons. The van der Waals surface area contributed by atoms with Crippen molar-refractivity contribution in [3.05, 3.63) is 105 Å². The van der Waals surface area contributed by atoms with Crippen molar-refractivity contribution in [3.8, 4) is 5.69 Å². The number of nitrogens with zero attached hydrogens (tertiary/aromatic N) is 3. The molecule has 0 saturated carbocycles. The molecule has 3 aromatic carbocycles. The Kier molecular flexibility index (Phi) is 7.04. The predicted molar refractivity (Wildman–Crippen MR) is 136 cm³/mol. The summed E-state index contributed by atoms with van der Waals surface area (Å²) in [4.78, 5) is 33.9. The van der Waals surface area contributed by atoms with Gasteiger partial charge in [-0.3, -0.25) is 14.2 Å². The normalized spacial score (nSPS) is 12.0. The minimum Gasteiger partial charge on any atom is -0.329 e. The Morgan fingerprint density at radius 1 is 1.00 bits per heavy atom. The average Bonchev–Trinajstić information content (AvgIpc) is 2.85. The first-order chi connectivity index (χ1) is 16.0. The highest BCUT2D eigenvalue weighted by molar-refractivity contribution is 9.10. The van der Waals surface area contributed by atoms with Gasteiger partial charge in [0.2, 0.25) is 0 Å². The summed E-state index contributed by atoms with van der Waals surface area (Å²) in [6.45, 7) is 4.62. The van der Waals surface area contributed by atoms with Gasteiger partial charge in [0.15, 0.2) is 0 Å². The van der Waals surface area contributed by atoms with Crippen molar-refractivity contribution < 1.29 is 4.79 Å². The summed E-state index contributed by atoms with van der Waals surface area (Å²) in [7, 11) is 0. The predicted octanol–water partition coefficient (Wildman–Crippen LogP) is 6.15. The van der Waals surface area contributed by atoms with Crippen LogP contribution in [0, 0.1) is 0 Å². The molecular formula is C27H26BrN3O2. The maximum atomic E-state index is 13.6. The van der Waals surface area contributed by atoms with Crippen LogP contribution in [-0.2, 0) is 0 Å². The van der Waals surface area contributed by atoms with E-state index in [9.17, 15) is 9.59 Å². The van der Waals surface area contributed by atoms with Gasteiger partial charge in [0, 0.05) is 16.6 Å². The number of para-hydroxylation sites is 1. The van der Waals surface area contributed by atoms with Crippen molar-refractivity contribution in [2.24, 2.45) is 0 Å². The zero-order chi connectivity index (χ0) is 23.4. The van der Waals surface area contributed by atoms with Crippen LogP contribution in [-0.4, -0.2) is 26.9 Å². The monoisotopic (exact) mass is 503 g/mol. The van der Waals surface area contributed by atoms with E-state index in [1.54, 1.807) is 10.6 Å². The molecule has 1 atom stereocenters. The molecule has 0 spiro atoms. The van der Waals surface area contributed by atoms with Crippen LogP contribution in [0.2, 0.25) is 0 Å². The van der Waals surface area contributed by atoms with Gasteiger partial charge in [-0.05, 0) is 61.9 Å². The lowest BCUT2D eigenvalue weighted by molar-refractivity contribution is 0.0678. The van der Waals surface area contributed by atoms with Crippen molar-refractivity contribution in [2.45, 2.75) is 32.7 Å². The molecule has 0 aliphatic rings. The Bertz CT molecular complexity index is 1320. The summed E-state index contributed by atoms with van der Waals surface area (Å²) < 4.78 is 2.56. The van der Waals surface area contributed by atoms with E-state index in [1.165, 1.54) is 0 Å². The Labute approximate surface area is 201 Å². The number of benzene rings is 3. The smallest absolute Gasteiger partial charge is 0.266 e. The van der Waals surface area contributed by atoms with Crippen LogP contribution in [0.25, 0.3) is 16.6 Å². The summed E-state index contributed by atoms with van der Waals surface area (Å²) in [5.41, 5.74) is 1.82. The van der Waals surface area contributed by atoms with Crippen LogP contribution < -0.4 is 5.56 Å². The van der Waals surface area contributed by atoms with Gasteiger partial charge in [0.25, 0.3) is 11.5 Å². The molecule has 33 heavy (non-hydrogen) atoms. The van der Waals surface area contributed by atoms with Gasteiger partial charge in [-0.2, -0.15) is 0 Å². The third kappa shape index (κ3) is 4.76. The lowest BCUT2D eigenvalue weighted by Gasteiger charge is -2.30. The van der Waals surface area contributed by atoms with Gasteiger partial charge < -0.3 is 4.90 Å². The molecule has 5 nitrogen and oxygen atoms in total. The van der Waals surface area contributed by atoms with Crippen LogP contribution in [0.15, 0.2) is 88.1 Å². The van der Waals surface area contributed by atoms with Gasteiger partial charge in [-0.1, -0.05) is 59.6 Å². The standard InChI is InChI=1S/C27H26BrN3O2/c1-3-4-18-30(26(32)20-10-6-5-7-11-20)19(2)25-29-24-13-9-8-12-23(24)27(33)31(25)22-16-14-21(28)15-17-22/h5-17,19H,3-4,18H2,1-2H3. The first kappa shape index (κ1) is 22.9. The number of amides is 1. The molecule has 0 saturated heterocycles. The van der Waals surface area contributed by atoms with Gasteiger partial charge >= 0.3 is 0 Å². The summed E-state index contributed by atoms with van der Waals surface area (Å²) in [5, 5.41) is 0.547. The molecule has 1 heterocycles. The van der Waals surface area contributed by atoms with Gasteiger partial charge in [-0.25, -0.2) is 4.98 Å². The third-order valence-corrected chi connectivity index (χ3v) is 6.29. The quantitative estimate of drug-likeness (QED) is 0.303. The van der Waals surface area contributed by atoms with Crippen molar-refractivity contribution in [1.82, 2.24) is 14.5 Å². The van der Waals surface area contributed by atoms with Crippen molar-refractivity contribution in [1.29, 1.82) is 0 Å². The van der Waals surface area contributed by atoms with Crippen LogP contribution >= 0.6 is 15.9 Å². The van der Waals surface area contributed by atoms with Crippen molar-refractivity contribution >= 4 is 32.7 Å². The van der Waals surface area contributed by atoms with E-state index in [0.717, 1.165) is 17.3 Å². The van der Waals surface area contributed by atoms with Gasteiger partial charge in [0.1, 0.15) is 5.82 Å². The molecule has 0 aliphatic heterocycles. The molecule has 4 aromatic rings. The zero-order valence-electron chi connectivity index (χ0n) is 18.7. The SMILES string of the molecule is CCCCN(C(=O)c1ccccc1)C(C)c1nc2ccccc2c(=O)n1-c1ccc(Br)cc1. The number of hydrogen-bond acceptors (Lipinski definition) is 3. The number of halogens is 1. The molecule has 1 unspecified atom stereocenters. The number of aromatic nitrogens is 2. The fourth-order valence-electron chi connectivity index (χ4n) is 3.96. The molecule has 1 amide bonds. The van der Waals surface area contributed by atoms with Crippen molar-refractivity contribution in [3.63, 3.8) is 0 Å². The van der Waals surface area contributed by atoms with E-state index in [0.29, 0.717) is 34.5 Å². The maximum Gasteiger partial charge on any atom is 0.266 e. The largest absolute Gasteiger partial charge is 0.329 e.